The van der Waals surface area contributed by atoms with E-state index in [0.717, 1.165) is 12.8 Å². The standard InChI is InChI=1S/C11H13ClO3/c1-14-7-5-8(12)10(9(6-7)15-2)11(13)3-4-11/h5-6,13H,3-4H2,1-2H3. The van der Waals surface area contributed by atoms with Crippen molar-refractivity contribution < 1.29 is 14.6 Å². The van der Waals surface area contributed by atoms with Crippen molar-refractivity contribution in [3.63, 3.8) is 0 Å². The SMILES string of the molecule is COc1cc(Cl)c(C2(O)CC2)c(OC)c1. The van der Waals surface area contributed by atoms with Crippen LogP contribution in [0.3, 0.4) is 0 Å². The Bertz CT molecular complexity index is 386. The van der Waals surface area contributed by atoms with Crippen molar-refractivity contribution in [2.45, 2.75) is 18.4 Å². The fourth-order valence-corrected chi connectivity index (χ4v) is 2.03. The molecule has 0 spiro atoms. The average Bonchev–Trinajstić information content (AvgIpc) is 2.95. The summed E-state index contributed by atoms with van der Waals surface area (Å²) in [4.78, 5) is 0. The third-order valence-corrected chi connectivity index (χ3v) is 2.97. The third-order valence-electron chi connectivity index (χ3n) is 2.67. The molecular weight excluding hydrogens is 216 g/mol. The van der Waals surface area contributed by atoms with E-state index in [0.29, 0.717) is 22.1 Å². The van der Waals surface area contributed by atoms with Crippen LogP contribution in [-0.2, 0) is 5.60 Å². The van der Waals surface area contributed by atoms with Gasteiger partial charge in [-0.1, -0.05) is 11.6 Å². The van der Waals surface area contributed by atoms with Crippen LogP contribution in [-0.4, -0.2) is 19.3 Å². The van der Waals surface area contributed by atoms with Gasteiger partial charge in [-0.25, -0.2) is 0 Å². The topological polar surface area (TPSA) is 38.7 Å². The summed E-state index contributed by atoms with van der Waals surface area (Å²) < 4.78 is 10.3. The zero-order valence-electron chi connectivity index (χ0n) is 8.71. The van der Waals surface area contributed by atoms with Crippen molar-refractivity contribution in [2.75, 3.05) is 14.2 Å². The number of methoxy groups -OCH3 is 2. The van der Waals surface area contributed by atoms with Crippen molar-refractivity contribution in [2.24, 2.45) is 0 Å². The summed E-state index contributed by atoms with van der Waals surface area (Å²) in [7, 11) is 3.12. The molecule has 0 unspecified atom stereocenters. The van der Waals surface area contributed by atoms with E-state index in [1.807, 2.05) is 0 Å². The lowest BCUT2D eigenvalue weighted by Gasteiger charge is -2.16. The van der Waals surface area contributed by atoms with E-state index in [2.05, 4.69) is 0 Å². The molecule has 1 aliphatic carbocycles. The molecule has 0 aromatic heterocycles. The van der Waals surface area contributed by atoms with Gasteiger partial charge in [0.15, 0.2) is 0 Å². The summed E-state index contributed by atoms with van der Waals surface area (Å²) >= 11 is 6.10. The molecule has 1 aromatic rings. The largest absolute Gasteiger partial charge is 0.497 e. The van der Waals surface area contributed by atoms with Crippen LogP contribution in [0.1, 0.15) is 18.4 Å². The molecule has 2 rings (SSSR count). The molecule has 1 saturated carbocycles. The highest BCUT2D eigenvalue weighted by atomic mass is 35.5. The third kappa shape index (κ3) is 1.77. The van der Waals surface area contributed by atoms with Gasteiger partial charge in [-0.2, -0.15) is 0 Å². The van der Waals surface area contributed by atoms with Crippen LogP contribution in [0.15, 0.2) is 12.1 Å². The van der Waals surface area contributed by atoms with Crippen LogP contribution in [0.2, 0.25) is 5.02 Å². The normalized spacial score (nSPS) is 17.3. The Kier molecular flexibility index (Phi) is 2.52. The minimum absolute atomic E-state index is 0.492. The first kappa shape index (κ1) is 10.6. The summed E-state index contributed by atoms with van der Waals surface area (Å²) in [5.74, 6) is 1.21. The van der Waals surface area contributed by atoms with Crippen molar-refractivity contribution in [1.29, 1.82) is 0 Å². The second-order valence-electron chi connectivity index (χ2n) is 3.72. The molecule has 0 atom stereocenters. The maximum absolute atomic E-state index is 10.1. The van der Waals surface area contributed by atoms with Crippen molar-refractivity contribution in [3.05, 3.63) is 22.7 Å². The van der Waals surface area contributed by atoms with Crippen LogP contribution in [0.4, 0.5) is 0 Å². The Morgan fingerprint density at radius 1 is 1.27 bits per heavy atom. The van der Waals surface area contributed by atoms with Crippen LogP contribution < -0.4 is 9.47 Å². The Labute approximate surface area is 93.6 Å². The first-order chi connectivity index (χ1) is 7.10. The summed E-state index contributed by atoms with van der Waals surface area (Å²) in [5, 5.41) is 10.5. The van der Waals surface area contributed by atoms with Crippen molar-refractivity contribution in [1.82, 2.24) is 0 Å². The second-order valence-corrected chi connectivity index (χ2v) is 4.13. The van der Waals surface area contributed by atoms with Crippen molar-refractivity contribution >= 4 is 11.6 Å². The number of hydrogen-bond acceptors (Lipinski definition) is 3. The van der Waals surface area contributed by atoms with Gasteiger partial charge in [-0.15, -0.1) is 0 Å². The molecule has 1 aliphatic rings. The minimum Gasteiger partial charge on any atom is -0.497 e. The van der Waals surface area contributed by atoms with E-state index in [-0.39, 0.29) is 0 Å². The van der Waals surface area contributed by atoms with Gasteiger partial charge in [-0.3, -0.25) is 0 Å². The quantitative estimate of drug-likeness (QED) is 0.863. The molecule has 0 heterocycles. The van der Waals surface area contributed by atoms with Gasteiger partial charge < -0.3 is 14.6 Å². The van der Waals surface area contributed by atoms with E-state index in [9.17, 15) is 5.11 Å². The van der Waals surface area contributed by atoms with E-state index < -0.39 is 5.60 Å². The number of benzene rings is 1. The number of halogens is 1. The van der Waals surface area contributed by atoms with E-state index >= 15 is 0 Å². The van der Waals surface area contributed by atoms with Gasteiger partial charge in [0.2, 0.25) is 0 Å². The van der Waals surface area contributed by atoms with Gasteiger partial charge in [0.05, 0.1) is 24.8 Å². The van der Waals surface area contributed by atoms with Gasteiger partial charge in [-0.05, 0) is 18.9 Å². The molecule has 1 aromatic carbocycles. The molecule has 0 aliphatic heterocycles. The highest BCUT2D eigenvalue weighted by Gasteiger charge is 2.46. The summed E-state index contributed by atoms with van der Waals surface area (Å²) in [6.07, 6.45) is 1.46. The molecule has 82 valence electrons. The Hall–Kier alpha value is -0.930. The van der Waals surface area contributed by atoms with E-state index in [1.54, 1.807) is 26.4 Å². The Morgan fingerprint density at radius 3 is 2.40 bits per heavy atom. The monoisotopic (exact) mass is 228 g/mol. The molecular formula is C11H13ClO3. The molecule has 3 nitrogen and oxygen atoms in total. The zero-order chi connectivity index (χ0) is 11.1. The lowest BCUT2D eigenvalue weighted by atomic mass is 10.1. The lowest BCUT2D eigenvalue weighted by Crippen LogP contribution is -2.08. The molecule has 1 fully saturated rings. The smallest absolute Gasteiger partial charge is 0.130 e. The fourth-order valence-electron chi connectivity index (χ4n) is 1.66. The fraction of sp³-hybridized carbons (Fsp3) is 0.455. The Balaban J connectivity index is 2.52. The second kappa shape index (κ2) is 3.58. The average molecular weight is 229 g/mol. The van der Waals surface area contributed by atoms with E-state index in [1.165, 1.54) is 0 Å². The number of aliphatic hydroxyl groups is 1. The van der Waals surface area contributed by atoms with Gasteiger partial charge >= 0.3 is 0 Å². The zero-order valence-corrected chi connectivity index (χ0v) is 9.47. The molecule has 0 saturated heterocycles. The maximum atomic E-state index is 10.1. The highest BCUT2D eigenvalue weighted by molar-refractivity contribution is 6.31. The maximum Gasteiger partial charge on any atom is 0.130 e. The van der Waals surface area contributed by atoms with Crippen molar-refractivity contribution in [3.8, 4) is 11.5 Å². The summed E-state index contributed by atoms with van der Waals surface area (Å²) in [6.45, 7) is 0. The molecule has 0 bridgehead atoms. The highest BCUT2D eigenvalue weighted by Crippen LogP contribution is 2.52. The van der Waals surface area contributed by atoms with Crippen LogP contribution in [0, 0.1) is 0 Å². The van der Waals surface area contributed by atoms with Crippen LogP contribution in [0.25, 0.3) is 0 Å². The molecule has 0 radical (unpaired) electrons. The van der Waals surface area contributed by atoms with Gasteiger partial charge in [0.25, 0.3) is 0 Å². The lowest BCUT2D eigenvalue weighted by molar-refractivity contribution is 0.147. The molecule has 4 heteroatoms. The molecule has 0 amide bonds. The first-order valence-electron chi connectivity index (χ1n) is 4.75. The van der Waals surface area contributed by atoms with Crippen LogP contribution in [0.5, 0.6) is 11.5 Å². The Morgan fingerprint density at radius 2 is 1.93 bits per heavy atom. The van der Waals surface area contributed by atoms with Gasteiger partial charge in [0, 0.05) is 11.6 Å². The van der Waals surface area contributed by atoms with Gasteiger partial charge in [0.1, 0.15) is 11.5 Å². The number of ether oxygens (including phenoxy) is 2. The van der Waals surface area contributed by atoms with Crippen LogP contribution >= 0.6 is 11.6 Å². The first-order valence-corrected chi connectivity index (χ1v) is 5.13. The molecule has 1 N–H and O–H groups in total. The van der Waals surface area contributed by atoms with E-state index in [4.69, 9.17) is 21.1 Å². The predicted molar refractivity (Wildman–Crippen MR) is 57.7 cm³/mol. The number of hydrogen-bond donors (Lipinski definition) is 1. The predicted octanol–water partition coefficient (Wildman–Crippen LogP) is 2.34. The minimum atomic E-state index is -0.797. The number of rotatable bonds is 3. The summed E-state index contributed by atoms with van der Waals surface area (Å²) in [5.41, 5.74) is -0.123. The summed E-state index contributed by atoms with van der Waals surface area (Å²) in [6, 6.07) is 3.42. The molecule has 15 heavy (non-hydrogen) atoms.